The lowest BCUT2D eigenvalue weighted by Crippen LogP contribution is -2.58. The monoisotopic (exact) mass is 730 g/mol. The van der Waals surface area contributed by atoms with Crippen molar-refractivity contribution in [2.45, 2.75) is 63.6 Å². The van der Waals surface area contributed by atoms with E-state index in [1.54, 1.807) is 23.6 Å². The summed E-state index contributed by atoms with van der Waals surface area (Å²) in [5.74, 6) is -1.65. The summed E-state index contributed by atoms with van der Waals surface area (Å²) in [6.07, 6.45) is -1.19. The van der Waals surface area contributed by atoms with E-state index in [0.29, 0.717) is 50.3 Å². The number of rotatable bonds is 5. The number of fused-ring (bicyclic) bond motifs is 2. The molecule has 1 fully saturated rings. The topological polar surface area (TPSA) is 162 Å². The minimum Gasteiger partial charge on any atom is -0.504 e. The van der Waals surface area contributed by atoms with Gasteiger partial charge in [-0.25, -0.2) is 20.0 Å². The molecule has 18 heteroatoms. The molecular formula is C33H34ClF3N8O6. The Morgan fingerprint density at radius 3 is 2.75 bits per heavy atom. The van der Waals surface area contributed by atoms with E-state index in [-0.39, 0.29) is 53.3 Å². The maximum atomic E-state index is 14.5. The fourth-order valence-electron chi connectivity index (χ4n) is 7.18. The molecule has 270 valence electrons. The first-order valence-corrected chi connectivity index (χ1v) is 16.8. The Labute approximate surface area is 294 Å². The molecule has 2 aromatic rings. The van der Waals surface area contributed by atoms with Gasteiger partial charge in [0.15, 0.2) is 11.4 Å². The Kier molecular flexibility index (Phi) is 9.02. The molecule has 14 nitrogen and oxygen atoms in total. The van der Waals surface area contributed by atoms with Crippen LogP contribution in [-0.2, 0) is 25.2 Å². The summed E-state index contributed by atoms with van der Waals surface area (Å²) in [7, 11) is 0. The molecule has 1 aromatic carbocycles. The van der Waals surface area contributed by atoms with Crippen molar-refractivity contribution in [3.05, 3.63) is 69.4 Å². The van der Waals surface area contributed by atoms with Crippen LogP contribution in [0.5, 0.6) is 5.75 Å². The van der Waals surface area contributed by atoms with E-state index < -0.39 is 47.3 Å². The average molecular weight is 731 g/mol. The van der Waals surface area contributed by atoms with Crippen molar-refractivity contribution in [1.82, 2.24) is 30.2 Å². The second kappa shape index (κ2) is 13.2. The van der Waals surface area contributed by atoms with Crippen molar-refractivity contribution in [2.24, 2.45) is 4.99 Å². The lowest BCUT2D eigenvalue weighted by Gasteiger charge is -2.38. The van der Waals surface area contributed by atoms with Crippen LogP contribution in [0.2, 0.25) is 5.02 Å². The zero-order chi connectivity index (χ0) is 36.2. The van der Waals surface area contributed by atoms with Crippen LogP contribution < -0.4 is 10.7 Å². The summed E-state index contributed by atoms with van der Waals surface area (Å²) in [5.41, 5.74) is 2.87. The van der Waals surface area contributed by atoms with E-state index in [2.05, 4.69) is 20.7 Å². The number of benzene rings is 1. The van der Waals surface area contributed by atoms with E-state index in [1.807, 2.05) is 6.08 Å². The number of carbonyl (C=O) groups excluding carboxylic acids is 3. The van der Waals surface area contributed by atoms with Gasteiger partial charge in [-0.2, -0.15) is 18.6 Å². The Morgan fingerprint density at radius 1 is 1.22 bits per heavy atom. The van der Waals surface area contributed by atoms with Gasteiger partial charge in [0, 0.05) is 13.1 Å². The van der Waals surface area contributed by atoms with Crippen molar-refractivity contribution in [2.75, 3.05) is 38.2 Å². The number of hydrogen-bond donors (Lipinski definition) is 3. The van der Waals surface area contributed by atoms with E-state index in [4.69, 9.17) is 26.1 Å². The number of nitrogens with one attached hydrogen (secondary N) is 2. The number of aromatic nitrogens is 2. The highest BCUT2D eigenvalue weighted by atomic mass is 35.5. The van der Waals surface area contributed by atoms with E-state index in [0.717, 1.165) is 23.8 Å². The fourth-order valence-corrected chi connectivity index (χ4v) is 7.41. The maximum absolute atomic E-state index is 14.5. The Hall–Kier alpha value is -4.58. The standard InChI is InChI=1S/C33H34ClF3N8O6/c1-17-27(47)25(39-16-38-17)30(49)43-10-3-8-32(9-11-43)24-26(18(2)51-32)44(15-23(46)40-22-5-4-20(14-21(22)34)33(35,36)37)31-41-28(42-45(31)29(24)48)19-6-12-50-13-7-19/h4-6,14,16,18,28,42,47H,3,7-13,15H2,1-2H3,(H,40,46). The van der Waals surface area contributed by atoms with Crippen LogP contribution in [0.1, 0.15) is 54.4 Å². The third-order valence-electron chi connectivity index (χ3n) is 9.66. The van der Waals surface area contributed by atoms with Crippen LogP contribution in [0.3, 0.4) is 0 Å². The lowest BCUT2D eigenvalue weighted by molar-refractivity contribution is -0.137. The minimum atomic E-state index is -4.61. The van der Waals surface area contributed by atoms with Gasteiger partial charge in [0.25, 0.3) is 11.8 Å². The number of nitrogens with zero attached hydrogens (tertiary/aromatic N) is 6. The van der Waals surface area contributed by atoms with Gasteiger partial charge in [-0.15, -0.1) is 0 Å². The van der Waals surface area contributed by atoms with Gasteiger partial charge in [-0.1, -0.05) is 17.7 Å². The number of aryl methyl sites for hydroxylation is 1. The summed E-state index contributed by atoms with van der Waals surface area (Å²) >= 11 is 6.14. The van der Waals surface area contributed by atoms with Crippen LogP contribution >= 0.6 is 11.6 Å². The zero-order valence-corrected chi connectivity index (χ0v) is 28.3. The molecule has 1 spiro atoms. The van der Waals surface area contributed by atoms with Gasteiger partial charge in [0.2, 0.25) is 11.9 Å². The molecule has 3 N–H and O–H groups in total. The van der Waals surface area contributed by atoms with Gasteiger partial charge >= 0.3 is 6.18 Å². The number of alkyl halides is 3. The van der Waals surface area contributed by atoms with Crippen molar-refractivity contribution in [1.29, 1.82) is 0 Å². The van der Waals surface area contributed by atoms with Gasteiger partial charge < -0.3 is 29.7 Å². The Morgan fingerprint density at radius 2 is 2.02 bits per heavy atom. The molecule has 0 saturated carbocycles. The predicted molar refractivity (Wildman–Crippen MR) is 175 cm³/mol. The molecule has 0 bridgehead atoms. The molecule has 6 heterocycles. The first-order chi connectivity index (χ1) is 24.3. The zero-order valence-electron chi connectivity index (χ0n) is 27.6. The molecule has 5 aliphatic heterocycles. The number of aromatic hydroxyl groups is 1. The van der Waals surface area contributed by atoms with Gasteiger partial charge in [0.05, 0.1) is 52.6 Å². The summed E-state index contributed by atoms with van der Waals surface area (Å²) in [5, 5.41) is 14.1. The lowest BCUT2D eigenvalue weighted by atomic mass is 9.84. The van der Waals surface area contributed by atoms with Gasteiger partial charge in [-0.05, 0) is 63.3 Å². The number of ether oxygens (including phenoxy) is 2. The third-order valence-corrected chi connectivity index (χ3v) is 9.97. The van der Waals surface area contributed by atoms with Gasteiger partial charge in [0.1, 0.15) is 24.6 Å². The second-order valence-electron chi connectivity index (χ2n) is 12.8. The molecule has 51 heavy (non-hydrogen) atoms. The number of carbonyl (C=O) groups is 3. The number of guanidine groups is 1. The van der Waals surface area contributed by atoms with E-state index >= 15 is 0 Å². The number of aliphatic imine (C=N–C) groups is 1. The minimum absolute atomic E-state index is 0.0174. The predicted octanol–water partition coefficient (Wildman–Crippen LogP) is 3.53. The number of amides is 3. The molecule has 7 rings (SSSR count). The molecule has 1 aromatic heterocycles. The summed E-state index contributed by atoms with van der Waals surface area (Å²) in [6, 6.07) is 2.64. The van der Waals surface area contributed by atoms with Crippen LogP contribution in [0.15, 0.2) is 52.4 Å². The Bertz CT molecular complexity index is 1900. The summed E-state index contributed by atoms with van der Waals surface area (Å²) < 4.78 is 51.8. The van der Waals surface area contributed by atoms with Gasteiger partial charge in [-0.3, -0.25) is 14.4 Å². The first-order valence-electron chi connectivity index (χ1n) is 16.4. The molecule has 0 radical (unpaired) electrons. The molecule has 3 unspecified atom stereocenters. The first kappa shape index (κ1) is 34.9. The normalized spacial score (nSPS) is 25.1. The fraction of sp³-hybridized carbons (Fsp3) is 0.455. The van der Waals surface area contributed by atoms with E-state index in [9.17, 15) is 32.7 Å². The van der Waals surface area contributed by atoms with Crippen LogP contribution in [-0.4, -0.2) is 104 Å². The van der Waals surface area contributed by atoms with E-state index in [1.165, 1.54) is 11.3 Å². The Balaban J connectivity index is 1.20. The highest BCUT2D eigenvalue weighted by molar-refractivity contribution is 6.33. The van der Waals surface area contributed by atoms with Crippen LogP contribution in [0.4, 0.5) is 18.9 Å². The number of anilines is 1. The molecular weight excluding hydrogens is 697 g/mol. The molecule has 0 aliphatic carbocycles. The number of hydrogen-bond acceptors (Lipinski definition) is 11. The quantitative estimate of drug-likeness (QED) is 0.388. The largest absolute Gasteiger partial charge is 0.504 e. The summed E-state index contributed by atoms with van der Waals surface area (Å²) in [6.45, 7) is 4.31. The van der Waals surface area contributed by atoms with Crippen LogP contribution in [0.25, 0.3) is 0 Å². The third kappa shape index (κ3) is 6.32. The average Bonchev–Trinajstić information content (AvgIpc) is 3.59. The highest BCUT2D eigenvalue weighted by Crippen LogP contribution is 2.48. The number of halogens is 4. The smallest absolute Gasteiger partial charge is 0.416 e. The SMILES string of the molecule is Cc1ncnc(C(=O)N2CCCC3(CC2)OC(C)C2=C3C(=O)N3NC(C4=CCOCC4)N=C3N2CC(=O)Nc2ccc(C(F)(F)F)cc2Cl)c1O. The molecule has 1 saturated heterocycles. The number of likely N-dealkylation sites (tertiary alicyclic amines) is 1. The van der Waals surface area contributed by atoms with Crippen molar-refractivity contribution in [3.63, 3.8) is 0 Å². The van der Waals surface area contributed by atoms with Crippen molar-refractivity contribution in [3.8, 4) is 5.75 Å². The maximum Gasteiger partial charge on any atom is 0.416 e. The van der Waals surface area contributed by atoms with Crippen molar-refractivity contribution >= 4 is 41.0 Å². The second-order valence-corrected chi connectivity index (χ2v) is 13.3. The summed E-state index contributed by atoms with van der Waals surface area (Å²) in [4.78, 5) is 57.5. The molecule has 3 amide bonds. The molecule has 5 aliphatic rings. The molecule has 3 atom stereocenters. The highest BCUT2D eigenvalue weighted by Gasteiger charge is 2.57. The van der Waals surface area contributed by atoms with Crippen molar-refractivity contribution < 1.29 is 42.1 Å². The number of hydrazine groups is 1. The van der Waals surface area contributed by atoms with Crippen LogP contribution in [0, 0.1) is 6.92 Å².